The average molecular weight is 634 g/mol. The number of nitriles is 1. The number of fused-ring (bicyclic) bond motifs is 1. The van der Waals surface area contributed by atoms with Crippen molar-refractivity contribution < 1.29 is 37.8 Å². The summed E-state index contributed by atoms with van der Waals surface area (Å²) in [4.78, 5) is 32.7. The van der Waals surface area contributed by atoms with Crippen molar-refractivity contribution in [3.63, 3.8) is 0 Å². The van der Waals surface area contributed by atoms with Crippen LogP contribution in [-0.4, -0.2) is 46.2 Å². The van der Waals surface area contributed by atoms with Gasteiger partial charge >= 0.3 is 10.2 Å². The average Bonchev–Trinajstić information content (AvgIpc) is 3.49. The van der Waals surface area contributed by atoms with Crippen molar-refractivity contribution in [2.45, 2.75) is 74.4 Å². The number of pyridine rings is 1. The van der Waals surface area contributed by atoms with E-state index in [1.54, 1.807) is 0 Å². The third-order valence-corrected chi connectivity index (χ3v) is 10.1. The molecular formula is C28H30F7N5O2S. The van der Waals surface area contributed by atoms with Crippen LogP contribution >= 0.6 is 10.2 Å². The molecule has 2 aromatic rings. The summed E-state index contributed by atoms with van der Waals surface area (Å²) in [5.74, 6) is -4.82. The molecule has 15 heteroatoms. The molecule has 4 atom stereocenters. The van der Waals surface area contributed by atoms with Crippen molar-refractivity contribution >= 4 is 27.7 Å². The van der Waals surface area contributed by atoms with E-state index < -0.39 is 63.3 Å². The molecule has 7 nitrogen and oxygen atoms in total. The Hall–Kier alpha value is -3.54. The lowest BCUT2D eigenvalue weighted by atomic mass is 9.86. The van der Waals surface area contributed by atoms with Gasteiger partial charge in [-0.25, -0.2) is 8.78 Å². The monoisotopic (exact) mass is 633 g/mol. The highest BCUT2D eigenvalue weighted by atomic mass is 32.5. The smallest absolute Gasteiger partial charge is 0.310 e. The van der Waals surface area contributed by atoms with E-state index >= 15 is 0 Å². The zero-order chi connectivity index (χ0) is 31.7. The minimum Gasteiger partial charge on any atom is -0.351 e. The molecule has 0 bridgehead atoms. The number of piperidine rings is 1. The number of aromatic nitrogens is 1. The van der Waals surface area contributed by atoms with Crippen molar-refractivity contribution in [1.82, 2.24) is 15.2 Å². The maximum Gasteiger partial charge on any atom is 0.310 e. The standard InChI is InChI=1S/C28H30F7N5O2S/c1-26-14-22(26)23(39(16-26)17-36)24(41)40(20-5-7-21(8-6-20)43(31,32,33,34)35)27(2,18-4-3-13-37-15-18)25(42)38-19-9-11-28(29,30)12-10-19/h3-8,13,15,19,22-23H,9-12,14,16H2,1-2H3,(H,38,42). The fourth-order valence-electron chi connectivity index (χ4n) is 6.34. The number of carbonyl (C=O) groups is 2. The van der Waals surface area contributed by atoms with E-state index in [0.717, 1.165) is 4.90 Å². The van der Waals surface area contributed by atoms with E-state index in [4.69, 9.17) is 0 Å². The summed E-state index contributed by atoms with van der Waals surface area (Å²) in [5, 5.41) is 12.5. The first-order valence-corrected chi connectivity index (χ1v) is 15.6. The Morgan fingerprint density at radius 3 is 2.28 bits per heavy atom. The molecule has 43 heavy (non-hydrogen) atoms. The summed E-state index contributed by atoms with van der Waals surface area (Å²) >= 11 is 0. The molecule has 0 radical (unpaired) electrons. The highest BCUT2D eigenvalue weighted by Crippen LogP contribution is 3.02. The Kier molecular flexibility index (Phi) is 6.63. The molecular weight excluding hydrogens is 603 g/mol. The Bertz CT molecular complexity index is 1480. The molecule has 2 amide bonds. The van der Waals surface area contributed by atoms with Gasteiger partial charge in [-0.3, -0.25) is 24.4 Å². The zero-order valence-corrected chi connectivity index (χ0v) is 24.1. The number of halogens is 7. The van der Waals surface area contributed by atoms with Crippen LogP contribution in [0.1, 0.15) is 51.5 Å². The molecule has 1 aromatic carbocycles. The fraction of sp³-hybridized carbons (Fsp3) is 0.500. The third kappa shape index (κ3) is 5.73. The quantitative estimate of drug-likeness (QED) is 0.266. The van der Waals surface area contributed by atoms with Crippen molar-refractivity contribution in [3.8, 4) is 6.19 Å². The Balaban J connectivity index is 1.63. The van der Waals surface area contributed by atoms with Crippen molar-refractivity contribution in [1.29, 1.82) is 5.26 Å². The van der Waals surface area contributed by atoms with Crippen LogP contribution in [0.2, 0.25) is 0 Å². The summed E-state index contributed by atoms with van der Waals surface area (Å²) in [6.45, 7) is 3.45. The Morgan fingerprint density at radius 1 is 1.12 bits per heavy atom. The molecule has 3 fully saturated rings. The first-order valence-electron chi connectivity index (χ1n) is 13.6. The first-order chi connectivity index (χ1) is 19.7. The molecule has 4 unspecified atom stereocenters. The van der Waals surface area contributed by atoms with Crippen LogP contribution in [0, 0.1) is 22.8 Å². The first kappa shape index (κ1) is 30.9. The lowest BCUT2D eigenvalue weighted by Crippen LogP contribution is -2.62. The van der Waals surface area contributed by atoms with E-state index in [1.165, 1.54) is 36.4 Å². The minimum atomic E-state index is -10.1. The van der Waals surface area contributed by atoms with Crippen LogP contribution in [0.3, 0.4) is 0 Å². The number of hydrogen-bond acceptors (Lipinski definition) is 5. The largest absolute Gasteiger partial charge is 0.351 e. The second-order valence-electron chi connectivity index (χ2n) is 12.2. The SMILES string of the molecule is CC12CC1C(C(=O)N(c1ccc(S(F)(F)(F)(F)F)cc1)C(C)(C(=O)NC1CCC(F)(F)CC1)c1cccnc1)N(C#N)C2. The van der Waals surface area contributed by atoms with Gasteiger partial charge in [0.1, 0.15) is 10.9 Å². The van der Waals surface area contributed by atoms with Crippen LogP contribution in [-0.2, 0) is 15.1 Å². The number of likely N-dealkylation sites (tertiary alicyclic amines) is 1. The lowest BCUT2D eigenvalue weighted by molar-refractivity contribution is -0.133. The molecule has 3 aliphatic rings. The van der Waals surface area contributed by atoms with Gasteiger partial charge in [0.25, 0.3) is 11.8 Å². The van der Waals surface area contributed by atoms with E-state index in [2.05, 4.69) is 10.3 Å². The van der Waals surface area contributed by atoms with Gasteiger partial charge in [-0.2, -0.15) is 5.26 Å². The predicted octanol–water partition coefficient (Wildman–Crippen LogP) is 6.87. The number of hydrogen-bond donors (Lipinski definition) is 1. The molecule has 5 rings (SSSR count). The summed E-state index contributed by atoms with van der Waals surface area (Å²) in [7, 11) is -10.1. The molecule has 1 saturated heterocycles. The summed E-state index contributed by atoms with van der Waals surface area (Å²) in [5.41, 5.74) is -2.59. The van der Waals surface area contributed by atoms with Crippen molar-refractivity contribution in [2.24, 2.45) is 11.3 Å². The predicted molar refractivity (Wildman–Crippen MR) is 145 cm³/mol. The fourth-order valence-corrected chi connectivity index (χ4v) is 6.99. The molecule has 0 spiro atoms. The van der Waals surface area contributed by atoms with Gasteiger partial charge in [0.2, 0.25) is 5.92 Å². The van der Waals surface area contributed by atoms with Gasteiger partial charge < -0.3 is 5.32 Å². The number of carbonyl (C=O) groups excluding carboxylic acids is 2. The summed E-state index contributed by atoms with van der Waals surface area (Å²) < 4.78 is 95.5. The lowest BCUT2D eigenvalue weighted by Gasteiger charge is -2.44. The number of nitrogens with one attached hydrogen (secondary N) is 1. The van der Waals surface area contributed by atoms with Gasteiger partial charge in [-0.15, -0.1) is 0 Å². The van der Waals surface area contributed by atoms with E-state index in [0.29, 0.717) is 18.6 Å². The van der Waals surface area contributed by atoms with Crippen LogP contribution in [0.25, 0.3) is 0 Å². The Labute approximate surface area is 243 Å². The molecule has 2 heterocycles. The van der Waals surface area contributed by atoms with Gasteiger partial charge in [0.05, 0.1) is 0 Å². The second kappa shape index (κ2) is 9.23. The number of alkyl halides is 2. The summed E-state index contributed by atoms with van der Waals surface area (Å²) in [6.07, 6.45) is 4.18. The number of nitrogens with zero attached hydrogens (tertiary/aromatic N) is 4. The van der Waals surface area contributed by atoms with Gasteiger partial charge in [0.15, 0.2) is 11.7 Å². The molecule has 1 aliphatic heterocycles. The van der Waals surface area contributed by atoms with Gasteiger partial charge in [-0.1, -0.05) is 32.4 Å². The summed E-state index contributed by atoms with van der Waals surface area (Å²) in [6, 6.07) is 2.84. The van der Waals surface area contributed by atoms with Crippen LogP contribution in [0.5, 0.6) is 0 Å². The third-order valence-electron chi connectivity index (χ3n) is 8.98. The van der Waals surface area contributed by atoms with Crippen LogP contribution in [0.15, 0.2) is 53.7 Å². The van der Waals surface area contributed by atoms with E-state index in [-0.39, 0.29) is 54.1 Å². The van der Waals surface area contributed by atoms with Crippen LogP contribution < -0.4 is 10.2 Å². The molecule has 1 aromatic heterocycles. The molecule has 2 aliphatic carbocycles. The molecule has 234 valence electrons. The molecule has 1 N–H and O–H groups in total. The van der Waals surface area contributed by atoms with Crippen LogP contribution in [0.4, 0.5) is 33.9 Å². The van der Waals surface area contributed by atoms with Crippen molar-refractivity contribution in [3.05, 3.63) is 54.4 Å². The highest BCUT2D eigenvalue weighted by Gasteiger charge is 2.67. The maximum absolute atomic E-state index is 14.5. The van der Waals surface area contributed by atoms with Gasteiger partial charge in [0, 0.05) is 49.1 Å². The topological polar surface area (TPSA) is 89.3 Å². The number of benzene rings is 1. The van der Waals surface area contributed by atoms with Crippen molar-refractivity contribution in [2.75, 3.05) is 11.4 Å². The second-order valence-corrected chi connectivity index (χ2v) is 14.6. The number of amides is 2. The van der Waals surface area contributed by atoms with Gasteiger partial charge in [-0.05, 0) is 67.9 Å². The maximum atomic E-state index is 14.5. The molecule has 2 saturated carbocycles. The zero-order valence-electron chi connectivity index (χ0n) is 23.3. The van der Waals surface area contributed by atoms with E-state index in [9.17, 15) is 43.1 Å². The number of rotatable bonds is 7. The minimum absolute atomic E-state index is 0.0559. The normalized spacial score (nSPS) is 28.0. The highest BCUT2D eigenvalue weighted by molar-refractivity contribution is 8.45. The van der Waals surface area contributed by atoms with E-state index in [1.807, 2.05) is 13.1 Å². The number of anilines is 1. The Morgan fingerprint density at radius 2 is 1.74 bits per heavy atom.